The number of hydrogen-bond acceptors (Lipinski definition) is 4. The van der Waals surface area contributed by atoms with Crippen LogP contribution >= 0.6 is 0 Å². The van der Waals surface area contributed by atoms with Crippen LogP contribution < -0.4 is 10.1 Å². The van der Waals surface area contributed by atoms with Gasteiger partial charge < -0.3 is 10.1 Å². The Balaban J connectivity index is 2.54. The third kappa shape index (κ3) is 5.13. The van der Waals surface area contributed by atoms with E-state index in [1.807, 2.05) is 0 Å². The van der Waals surface area contributed by atoms with Crippen LogP contribution in [0.1, 0.15) is 33.1 Å². The molecule has 1 unspecified atom stereocenters. The van der Waals surface area contributed by atoms with E-state index in [-0.39, 0.29) is 5.75 Å². The van der Waals surface area contributed by atoms with E-state index in [0.29, 0.717) is 23.1 Å². The lowest BCUT2D eigenvalue weighted by molar-refractivity contribution is 0.402. The number of benzene rings is 1. The maximum absolute atomic E-state index is 12.3. The average Bonchev–Trinajstić information content (AvgIpc) is 2.44. The second kappa shape index (κ2) is 8.27. The SMILES string of the molecule is CCNC(C)CCCCS(=O)(=O)c1ccccc1OC. The Morgan fingerprint density at radius 3 is 2.60 bits per heavy atom. The van der Waals surface area contributed by atoms with Crippen molar-refractivity contribution in [2.75, 3.05) is 19.4 Å². The van der Waals surface area contributed by atoms with E-state index in [4.69, 9.17) is 4.74 Å². The van der Waals surface area contributed by atoms with Crippen LogP contribution in [0.25, 0.3) is 0 Å². The molecule has 1 rings (SSSR count). The molecule has 0 aliphatic carbocycles. The third-order valence-corrected chi connectivity index (χ3v) is 5.09. The largest absolute Gasteiger partial charge is 0.495 e. The summed E-state index contributed by atoms with van der Waals surface area (Å²) in [7, 11) is -1.77. The fraction of sp³-hybridized carbons (Fsp3) is 0.600. The van der Waals surface area contributed by atoms with Gasteiger partial charge in [-0.25, -0.2) is 8.42 Å². The molecule has 0 saturated heterocycles. The molecule has 20 heavy (non-hydrogen) atoms. The highest BCUT2D eigenvalue weighted by molar-refractivity contribution is 7.91. The number of ether oxygens (including phenoxy) is 1. The zero-order valence-corrected chi connectivity index (χ0v) is 13.4. The van der Waals surface area contributed by atoms with Gasteiger partial charge >= 0.3 is 0 Å². The first kappa shape index (κ1) is 17.0. The maximum atomic E-state index is 12.3. The zero-order chi connectivity index (χ0) is 15.0. The van der Waals surface area contributed by atoms with E-state index < -0.39 is 9.84 Å². The van der Waals surface area contributed by atoms with Crippen LogP contribution in [0.4, 0.5) is 0 Å². The summed E-state index contributed by atoms with van der Waals surface area (Å²) in [6.45, 7) is 5.14. The lowest BCUT2D eigenvalue weighted by atomic mass is 10.1. The Labute approximate surface area is 122 Å². The molecule has 0 heterocycles. The van der Waals surface area contributed by atoms with E-state index >= 15 is 0 Å². The molecular formula is C15H25NO3S. The van der Waals surface area contributed by atoms with Crippen molar-refractivity contribution in [3.63, 3.8) is 0 Å². The van der Waals surface area contributed by atoms with Crippen molar-refractivity contribution in [1.29, 1.82) is 0 Å². The summed E-state index contributed by atoms with van der Waals surface area (Å²) in [5, 5.41) is 3.32. The fourth-order valence-electron chi connectivity index (χ4n) is 2.18. The van der Waals surface area contributed by atoms with Gasteiger partial charge in [0.15, 0.2) is 9.84 Å². The summed E-state index contributed by atoms with van der Waals surface area (Å²) in [6, 6.07) is 7.22. The van der Waals surface area contributed by atoms with E-state index in [1.165, 1.54) is 7.11 Å². The summed E-state index contributed by atoms with van der Waals surface area (Å²) < 4.78 is 29.7. The monoisotopic (exact) mass is 299 g/mol. The minimum absolute atomic E-state index is 0.173. The first-order valence-electron chi connectivity index (χ1n) is 7.10. The number of unbranched alkanes of at least 4 members (excludes halogenated alkanes) is 1. The molecule has 0 aliphatic heterocycles. The quantitative estimate of drug-likeness (QED) is 0.712. The van der Waals surface area contributed by atoms with Gasteiger partial charge in [-0.15, -0.1) is 0 Å². The smallest absolute Gasteiger partial charge is 0.182 e. The molecule has 4 nitrogen and oxygen atoms in total. The summed E-state index contributed by atoms with van der Waals surface area (Å²) in [5.74, 6) is 0.597. The topological polar surface area (TPSA) is 55.4 Å². The molecule has 1 N–H and O–H groups in total. The van der Waals surface area contributed by atoms with Gasteiger partial charge in [-0.3, -0.25) is 0 Å². The highest BCUT2D eigenvalue weighted by atomic mass is 32.2. The highest BCUT2D eigenvalue weighted by Crippen LogP contribution is 2.24. The van der Waals surface area contributed by atoms with Crippen molar-refractivity contribution in [2.24, 2.45) is 0 Å². The predicted octanol–water partition coefficient (Wildman–Crippen LogP) is 2.64. The second-order valence-corrected chi connectivity index (χ2v) is 7.00. The van der Waals surface area contributed by atoms with Gasteiger partial charge in [-0.1, -0.05) is 25.5 Å². The Bertz CT molecular complexity index is 500. The number of nitrogens with one attached hydrogen (secondary N) is 1. The van der Waals surface area contributed by atoms with E-state index in [0.717, 1.165) is 19.4 Å². The first-order chi connectivity index (χ1) is 9.51. The minimum atomic E-state index is -3.26. The number of methoxy groups -OCH3 is 1. The summed E-state index contributed by atoms with van der Waals surface area (Å²) in [5.41, 5.74) is 0. The van der Waals surface area contributed by atoms with Gasteiger partial charge in [-0.05, 0) is 38.4 Å². The average molecular weight is 299 g/mol. The molecule has 0 radical (unpaired) electrons. The van der Waals surface area contributed by atoms with Crippen LogP contribution in [-0.4, -0.2) is 33.9 Å². The Hall–Kier alpha value is -1.07. The molecule has 114 valence electrons. The van der Waals surface area contributed by atoms with Crippen LogP contribution in [0.5, 0.6) is 5.75 Å². The van der Waals surface area contributed by atoms with E-state index in [9.17, 15) is 8.42 Å². The molecular weight excluding hydrogens is 274 g/mol. The van der Waals surface area contributed by atoms with Crippen molar-refractivity contribution >= 4 is 9.84 Å². The number of sulfone groups is 1. The van der Waals surface area contributed by atoms with Crippen LogP contribution in [0.2, 0.25) is 0 Å². The molecule has 1 aromatic rings. The maximum Gasteiger partial charge on any atom is 0.182 e. The van der Waals surface area contributed by atoms with Crippen molar-refractivity contribution < 1.29 is 13.2 Å². The van der Waals surface area contributed by atoms with Crippen LogP contribution in [0.3, 0.4) is 0 Å². The van der Waals surface area contributed by atoms with Crippen molar-refractivity contribution in [2.45, 2.75) is 44.0 Å². The standard InChI is InChI=1S/C15H25NO3S/c1-4-16-13(2)9-7-8-12-20(17,18)15-11-6-5-10-14(15)19-3/h5-6,10-11,13,16H,4,7-9,12H2,1-3H3. The van der Waals surface area contributed by atoms with Gasteiger partial charge in [0.2, 0.25) is 0 Å². The van der Waals surface area contributed by atoms with Crippen molar-refractivity contribution in [1.82, 2.24) is 5.32 Å². The molecule has 5 heteroatoms. The molecule has 1 atom stereocenters. The van der Waals surface area contributed by atoms with Gasteiger partial charge in [0, 0.05) is 6.04 Å². The van der Waals surface area contributed by atoms with E-state index in [1.54, 1.807) is 24.3 Å². The molecule has 0 saturated carbocycles. The zero-order valence-electron chi connectivity index (χ0n) is 12.6. The molecule has 1 aromatic carbocycles. The Morgan fingerprint density at radius 2 is 1.95 bits per heavy atom. The fourth-order valence-corrected chi connectivity index (χ4v) is 3.73. The second-order valence-electron chi connectivity index (χ2n) is 4.92. The molecule has 0 aromatic heterocycles. The summed E-state index contributed by atoms with van der Waals surface area (Å²) in [4.78, 5) is 0.294. The number of hydrogen-bond donors (Lipinski definition) is 1. The molecule has 0 spiro atoms. The van der Waals surface area contributed by atoms with E-state index in [2.05, 4.69) is 19.2 Å². The van der Waals surface area contributed by atoms with Gasteiger partial charge in [0.05, 0.1) is 12.9 Å². The van der Waals surface area contributed by atoms with Crippen LogP contribution in [0, 0.1) is 0 Å². The first-order valence-corrected chi connectivity index (χ1v) is 8.75. The van der Waals surface area contributed by atoms with Crippen LogP contribution in [0.15, 0.2) is 29.2 Å². The molecule has 0 amide bonds. The Kier molecular flexibility index (Phi) is 7.02. The minimum Gasteiger partial charge on any atom is -0.495 e. The van der Waals surface area contributed by atoms with Crippen molar-refractivity contribution in [3.8, 4) is 5.75 Å². The normalized spacial score (nSPS) is 13.2. The predicted molar refractivity (Wildman–Crippen MR) is 82.0 cm³/mol. The Morgan fingerprint density at radius 1 is 1.25 bits per heavy atom. The van der Waals surface area contributed by atoms with Crippen molar-refractivity contribution in [3.05, 3.63) is 24.3 Å². The van der Waals surface area contributed by atoms with Crippen LogP contribution in [-0.2, 0) is 9.84 Å². The number of rotatable bonds is 9. The highest BCUT2D eigenvalue weighted by Gasteiger charge is 2.18. The molecule has 0 aliphatic rings. The number of para-hydroxylation sites is 1. The van der Waals surface area contributed by atoms with Gasteiger partial charge in [0.1, 0.15) is 10.6 Å². The lowest BCUT2D eigenvalue weighted by Gasteiger charge is -2.12. The summed E-state index contributed by atoms with van der Waals surface area (Å²) in [6.07, 6.45) is 2.58. The summed E-state index contributed by atoms with van der Waals surface area (Å²) >= 11 is 0. The van der Waals surface area contributed by atoms with Gasteiger partial charge in [0.25, 0.3) is 0 Å². The van der Waals surface area contributed by atoms with Gasteiger partial charge in [-0.2, -0.15) is 0 Å². The third-order valence-electron chi connectivity index (χ3n) is 3.26. The molecule has 0 bridgehead atoms. The lowest BCUT2D eigenvalue weighted by Crippen LogP contribution is -2.25. The molecule has 0 fully saturated rings.